The first-order valence-corrected chi connectivity index (χ1v) is 7.70. The zero-order chi connectivity index (χ0) is 14.9. The Hall–Kier alpha value is -1.26. The second kappa shape index (κ2) is 5.62. The zero-order valence-corrected chi connectivity index (χ0v) is 14.0. The van der Waals surface area contributed by atoms with Gasteiger partial charge in [0, 0.05) is 17.6 Å². The monoisotopic (exact) mass is 289 g/mol. The Labute approximate surface area is 125 Å². The second-order valence-electron chi connectivity index (χ2n) is 6.42. The normalized spacial score (nSPS) is 11.9. The summed E-state index contributed by atoms with van der Waals surface area (Å²) in [4.78, 5) is 1.20. The molecule has 1 N–H and O–H groups in total. The van der Waals surface area contributed by atoms with Crippen LogP contribution < -0.4 is 5.32 Å². The Kier molecular flexibility index (Phi) is 4.25. The van der Waals surface area contributed by atoms with Crippen LogP contribution in [0.15, 0.2) is 12.1 Å². The van der Waals surface area contributed by atoms with Gasteiger partial charge in [-0.05, 0) is 64.2 Å². The molecule has 0 radical (unpaired) electrons. The van der Waals surface area contributed by atoms with E-state index in [0.717, 1.165) is 12.2 Å². The van der Waals surface area contributed by atoms with Crippen molar-refractivity contribution in [1.29, 1.82) is 0 Å². The Morgan fingerprint density at radius 1 is 1.10 bits per heavy atom. The lowest BCUT2D eigenvalue weighted by Crippen LogP contribution is -2.34. The van der Waals surface area contributed by atoms with E-state index in [1.165, 1.54) is 38.7 Å². The minimum Gasteiger partial charge on any atom is -0.307 e. The lowest BCUT2D eigenvalue weighted by Gasteiger charge is -2.20. The number of aromatic nitrogens is 2. The molecule has 20 heavy (non-hydrogen) atoms. The number of rotatable bonds is 3. The highest BCUT2D eigenvalue weighted by Crippen LogP contribution is 2.31. The van der Waals surface area contributed by atoms with Crippen molar-refractivity contribution in [3.05, 3.63) is 33.7 Å². The van der Waals surface area contributed by atoms with E-state index < -0.39 is 0 Å². The Balaban J connectivity index is 2.38. The molecule has 0 fully saturated rings. The minimum atomic E-state index is 0.0959. The summed E-state index contributed by atoms with van der Waals surface area (Å²) >= 11 is 1.48. The van der Waals surface area contributed by atoms with Gasteiger partial charge in [-0.3, -0.25) is 0 Å². The topological polar surface area (TPSA) is 37.8 Å². The summed E-state index contributed by atoms with van der Waals surface area (Å²) in [5, 5.41) is 7.88. The van der Waals surface area contributed by atoms with Gasteiger partial charge in [0.1, 0.15) is 5.69 Å². The molecule has 2 aromatic rings. The highest BCUT2D eigenvalue weighted by molar-refractivity contribution is 7.05. The average Bonchev–Trinajstić information content (AvgIpc) is 2.72. The molecule has 0 saturated heterocycles. The van der Waals surface area contributed by atoms with Crippen molar-refractivity contribution in [2.24, 2.45) is 0 Å². The second-order valence-corrected chi connectivity index (χ2v) is 7.26. The number of nitrogens with zero attached hydrogens (tertiary/aromatic N) is 2. The standard InChI is InChI=1S/C16H23N3S/c1-10-7-11(2)14(12(3)8-10)15-13(20-19-18-15)9-17-16(4,5)6/h7-8,17H,9H2,1-6H3. The molecule has 4 heteroatoms. The number of nitrogens with one attached hydrogen (secondary N) is 1. The fourth-order valence-corrected chi connectivity index (χ4v) is 3.00. The minimum absolute atomic E-state index is 0.0959. The van der Waals surface area contributed by atoms with Crippen LogP contribution in [-0.4, -0.2) is 15.1 Å². The number of hydrogen-bond acceptors (Lipinski definition) is 4. The van der Waals surface area contributed by atoms with Gasteiger partial charge in [-0.15, -0.1) is 5.10 Å². The van der Waals surface area contributed by atoms with Crippen molar-refractivity contribution in [1.82, 2.24) is 14.9 Å². The van der Waals surface area contributed by atoms with E-state index in [0.29, 0.717) is 0 Å². The Bertz CT molecular complexity index is 585. The van der Waals surface area contributed by atoms with Crippen molar-refractivity contribution in [2.75, 3.05) is 0 Å². The van der Waals surface area contributed by atoms with Crippen LogP contribution in [-0.2, 0) is 6.54 Å². The predicted molar refractivity (Wildman–Crippen MR) is 86.1 cm³/mol. The third kappa shape index (κ3) is 3.44. The summed E-state index contributed by atoms with van der Waals surface area (Å²) in [6.07, 6.45) is 0. The van der Waals surface area contributed by atoms with Crippen molar-refractivity contribution in [3.8, 4) is 11.3 Å². The molecule has 0 amide bonds. The first-order chi connectivity index (χ1) is 9.28. The number of aryl methyl sites for hydroxylation is 3. The molecular formula is C16H23N3S. The molecule has 0 aliphatic heterocycles. The molecule has 0 atom stereocenters. The van der Waals surface area contributed by atoms with Gasteiger partial charge in [0.05, 0.1) is 4.88 Å². The third-order valence-electron chi connectivity index (χ3n) is 3.25. The van der Waals surface area contributed by atoms with E-state index in [-0.39, 0.29) is 5.54 Å². The molecule has 0 aliphatic carbocycles. The van der Waals surface area contributed by atoms with E-state index in [9.17, 15) is 0 Å². The van der Waals surface area contributed by atoms with Crippen LogP contribution in [0.25, 0.3) is 11.3 Å². The quantitative estimate of drug-likeness (QED) is 0.927. The van der Waals surface area contributed by atoms with Crippen molar-refractivity contribution in [2.45, 2.75) is 53.6 Å². The van der Waals surface area contributed by atoms with Crippen molar-refractivity contribution in [3.63, 3.8) is 0 Å². The SMILES string of the molecule is Cc1cc(C)c(-c2nnsc2CNC(C)(C)C)c(C)c1. The largest absolute Gasteiger partial charge is 0.307 e. The van der Waals surface area contributed by atoms with Crippen LogP contribution in [0.4, 0.5) is 0 Å². The molecule has 0 saturated carbocycles. The van der Waals surface area contributed by atoms with E-state index in [1.54, 1.807) is 0 Å². The molecule has 1 aromatic carbocycles. The van der Waals surface area contributed by atoms with E-state index in [2.05, 4.69) is 68.6 Å². The van der Waals surface area contributed by atoms with E-state index in [4.69, 9.17) is 0 Å². The maximum absolute atomic E-state index is 4.37. The molecule has 2 rings (SSSR count). The molecule has 0 bridgehead atoms. The molecule has 108 valence electrons. The van der Waals surface area contributed by atoms with Crippen molar-refractivity contribution >= 4 is 11.5 Å². The van der Waals surface area contributed by atoms with E-state index >= 15 is 0 Å². The molecular weight excluding hydrogens is 266 g/mol. The van der Waals surface area contributed by atoms with Gasteiger partial charge in [-0.2, -0.15) is 0 Å². The summed E-state index contributed by atoms with van der Waals surface area (Å²) in [6, 6.07) is 4.42. The molecule has 0 spiro atoms. The molecule has 3 nitrogen and oxygen atoms in total. The van der Waals surface area contributed by atoms with Crippen LogP contribution in [0.1, 0.15) is 42.3 Å². The smallest absolute Gasteiger partial charge is 0.110 e. The van der Waals surface area contributed by atoms with Crippen LogP contribution >= 0.6 is 11.5 Å². The predicted octanol–water partition coefficient (Wildman–Crippen LogP) is 4.02. The fourth-order valence-electron chi connectivity index (χ4n) is 2.41. The molecule has 1 aromatic heterocycles. The first kappa shape index (κ1) is 15.1. The van der Waals surface area contributed by atoms with Gasteiger partial charge in [-0.25, -0.2) is 0 Å². The number of benzene rings is 1. The van der Waals surface area contributed by atoms with Crippen LogP contribution in [0, 0.1) is 20.8 Å². The van der Waals surface area contributed by atoms with Crippen LogP contribution in [0.5, 0.6) is 0 Å². The highest BCUT2D eigenvalue weighted by atomic mass is 32.1. The van der Waals surface area contributed by atoms with Crippen LogP contribution in [0.3, 0.4) is 0 Å². The van der Waals surface area contributed by atoms with Gasteiger partial charge < -0.3 is 5.32 Å². The lowest BCUT2D eigenvalue weighted by atomic mass is 9.96. The van der Waals surface area contributed by atoms with E-state index in [1.807, 2.05) is 0 Å². The lowest BCUT2D eigenvalue weighted by molar-refractivity contribution is 0.426. The van der Waals surface area contributed by atoms with Gasteiger partial charge in [0.25, 0.3) is 0 Å². The summed E-state index contributed by atoms with van der Waals surface area (Å²) in [6.45, 7) is 13.7. The molecule has 0 aliphatic rings. The zero-order valence-electron chi connectivity index (χ0n) is 13.2. The molecule has 1 heterocycles. The highest BCUT2D eigenvalue weighted by Gasteiger charge is 2.17. The number of hydrogen-bond donors (Lipinski definition) is 1. The summed E-state index contributed by atoms with van der Waals surface area (Å²) in [5.41, 5.74) is 6.19. The van der Waals surface area contributed by atoms with Gasteiger partial charge in [0.15, 0.2) is 0 Å². The maximum Gasteiger partial charge on any atom is 0.110 e. The molecule has 0 unspecified atom stereocenters. The van der Waals surface area contributed by atoms with Gasteiger partial charge in [0.2, 0.25) is 0 Å². The van der Waals surface area contributed by atoms with Gasteiger partial charge >= 0.3 is 0 Å². The Morgan fingerprint density at radius 3 is 2.25 bits per heavy atom. The summed E-state index contributed by atoms with van der Waals surface area (Å²) in [5.74, 6) is 0. The summed E-state index contributed by atoms with van der Waals surface area (Å²) in [7, 11) is 0. The fraction of sp³-hybridized carbons (Fsp3) is 0.500. The maximum atomic E-state index is 4.37. The third-order valence-corrected chi connectivity index (χ3v) is 3.97. The van der Waals surface area contributed by atoms with Gasteiger partial charge in [-0.1, -0.05) is 22.2 Å². The first-order valence-electron chi connectivity index (χ1n) is 6.92. The average molecular weight is 289 g/mol. The van der Waals surface area contributed by atoms with Crippen LogP contribution in [0.2, 0.25) is 0 Å². The van der Waals surface area contributed by atoms with Crippen molar-refractivity contribution < 1.29 is 0 Å². The Morgan fingerprint density at radius 2 is 1.70 bits per heavy atom. The summed E-state index contributed by atoms with van der Waals surface area (Å²) < 4.78 is 4.16.